The van der Waals surface area contributed by atoms with Crippen LogP contribution in [-0.2, 0) is 14.3 Å². The van der Waals surface area contributed by atoms with Crippen LogP contribution in [0.5, 0.6) is 0 Å². The lowest BCUT2D eigenvalue weighted by molar-refractivity contribution is -0.137. The lowest BCUT2D eigenvalue weighted by atomic mass is 10.1. The fourth-order valence-corrected chi connectivity index (χ4v) is 4.42. The number of aromatic nitrogens is 1. The Hall–Kier alpha value is -2.84. The first-order chi connectivity index (χ1) is 14.0. The molecule has 0 amide bonds. The number of pyridine rings is 1. The minimum atomic E-state index is -1.29. The molecule has 29 heavy (non-hydrogen) atoms. The van der Waals surface area contributed by atoms with Crippen LogP contribution >= 0.6 is 11.8 Å². The van der Waals surface area contributed by atoms with E-state index >= 15 is 0 Å². The van der Waals surface area contributed by atoms with E-state index in [-0.39, 0.29) is 23.6 Å². The number of morpholine rings is 1. The standard InChI is InChI=1S/C21H22N2O5S/c1-14-6-5-9-22-20(14)29-19(15-7-3-2-4-8-15)17-13-23(10-11-28-17)16(21(26)27)12-18(24)25/h2-9,12,17,19H,10-11,13H2,1H3,(H,24,25)(H,26,27)/b16-12-/t17-,19-/m0/s1. The Balaban J connectivity index is 1.90. The molecule has 1 saturated heterocycles. The molecular weight excluding hydrogens is 392 g/mol. The fraction of sp³-hybridized carbons (Fsp3) is 0.286. The first kappa shape index (κ1) is 20.9. The average molecular weight is 414 g/mol. The van der Waals surface area contributed by atoms with E-state index < -0.39 is 11.9 Å². The monoisotopic (exact) mass is 414 g/mol. The zero-order chi connectivity index (χ0) is 20.8. The molecule has 0 aliphatic carbocycles. The number of benzene rings is 1. The topological polar surface area (TPSA) is 100.0 Å². The van der Waals surface area contributed by atoms with Gasteiger partial charge in [0.1, 0.15) is 5.70 Å². The van der Waals surface area contributed by atoms with Gasteiger partial charge in [-0.2, -0.15) is 0 Å². The quantitative estimate of drug-likeness (QED) is 0.527. The van der Waals surface area contributed by atoms with Crippen LogP contribution in [-0.4, -0.2) is 57.8 Å². The number of carboxylic acids is 2. The summed E-state index contributed by atoms with van der Waals surface area (Å²) in [5.41, 5.74) is 1.84. The van der Waals surface area contributed by atoms with Crippen molar-refractivity contribution in [3.63, 3.8) is 0 Å². The molecule has 1 fully saturated rings. The molecule has 2 aromatic rings. The van der Waals surface area contributed by atoms with Gasteiger partial charge in [-0.05, 0) is 24.1 Å². The summed E-state index contributed by atoms with van der Waals surface area (Å²) >= 11 is 1.57. The second-order valence-corrected chi connectivity index (χ2v) is 7.73. The number of thioether (sulfide) groups is 1. The number of hydrogen-bond acceptors (Lipinski definition) is 6. The number of aryl methyl sites for hydroxylation is 1. The van der Waals surface area contributed by atoms with Crippen molar-refractivity contribution >= 4 is 23.7 Å². The molecule has 1 aliphatic heterocycles. The highest BCUT2D eigenvalue weighted by molar-refractivity contribution is 7.99. The number of rotatable bonds is 7. The summed E-state index contributed by atoms with van der Waals surface area (Å²) in [4.78, 5) is 28.7. The SMILES string of the molecule is Cc1cccnc1S[C@@H](c1ccccc1)[C@@H]1CN(/C(=C\C(=O)O)C(=O)O)CCO1. The first-order valence-corrected chi connectivity index (χ1v) is 10.0. The van der Waals surface area contributed by atoms with E-state index in [1.54, 1.807) is 22.9 Å². The Morgan fingerprint density at radius 3 is 2.66 bits per heavy atom. The van der Waals surface area contributed by atoms with Crippen molar-refractivity contribution in [3.8, 4) is 0 Å². The highest BCUT2D eigenvalue weighted by Crippen LogP contribution is 2.40. The Morgan fingerprint density at radius 1 is 1.24 bits per heavy atom. The number of carbonyl (C=O) groups is 2. The highest BCUT2D eigenvalue weighted by Gasteiger charge is 2.33. The van der Waals surface area contributed by atoms with Crippen molar-refractivity contribution in [1.82, 2.24) is 9.88 Å². The summed E-state index contributed by atoms with van der Waals surface area (Å²) in [6, 6.07) is 13.7. The Kier molecular flexibility index (Phi) is 6.90. The molecular formula is C21H22N2O5S. The molecule has 3 rings (SSSR count). The fourth-order valence-electron chi connectivity index (χ4n) is 3.20. The van der Waals surface area contributed by atoms with Gasteiger partial charge in [-0.1, -0.05) is 48.2 Å². The summed E-state index contributed by atoms with van der Waals surface area (Å²) in [6.45, 7) is 2.88. The van der Waals surface area contributed by atoms with Gasteiger partial charge in [0.25, 0.3) is 0 Å². The molecule has 0 bridgehead atoms. The number of hydrogen-bond donors (Lipinski definition) is 2. The van der Waals surface area contributed by atoms with Gasteiger partial charge in [0, 0.05) is 19.3 Å². The van der Waals surface area contributed by atoms with Crippen LogP contribution in [0.4, 0.5) is 0 Å². The van der Waals surface area contributed by atoms with Crippen LogP contribution in [0.25, 0.3) is 0 Å². The highest BCUT2D eigenvalue weighted by atomic mass is 32.2. The average Bonchev–Trinajstić information content (AvgIpc) is 2.72. The summed E-state index contributed by atoms with van der Waals surface area (Å²) in [7, 11) is 0. The van der Waals surface area contributed by atoms with Gasteiger partial charge in [0.2, 0.25) is 0 Å². The maximum Gasteiger partial charge on any atom is 0.352 e. The van der Waals surface area contributed by atoms with Gasteiger partial charge < -0.3 is 19.8 Å². The van der Waals surface area contributed by atoms with E-state index in [2.05, 4.69) is 4.98 Å². The van der Waals surface area contributed by atoms with Crippen LogP contribution < -0.4 is 0 Å². The minimum Gasteiger partial charge on any atom is -0.478 e. The molecule has 0 radical (unpaired) electrons. The van der Waals surface area contributed by atoms with Crippen LogP contribution in [0.3, 0.4) is 0 Å². The molecule has 8 heteroatoms. The summed E-state index contributed by atoms with van der Waals surface area (Å²) in [6.07, 6.45) is 2.14. The van der Waals surface area contributed by atoms with E-state index in [1.807, 2.05) is 49.4 Å². The molecule has 7 nitrogen and oxygen atoms in total. The van der Waals surface area contributed by atoms with E-state index in [0.29, 0.717) is 13.2 Å². The summed E-state index contributed by atoms with van der Waals surface area (Å²) in [5.74, 6) is -2.55. The predicted octanol–water partition coefficient (Wildman–Crippen LogP) is 2.98. The minimum absolute atomic E-state index is 0.132. The van der Waals surface area contributed by atoms with Crippen LogP contribution in [0.1, 0.15) is 16.4 Å². The van der Waals surface area contributed by atoms with Crippen molar-refractivity contribution in [2.24, 2.45) is 0 Å². The Bertz CT molecular complexity index is 903. The van der Waals surface area contributed by atoms with Gasteiger partial charge >= 0.3 is 11.9 Å². The van der Waals surface area contributed by atoms with Gasteiger partial charge in [-0.25, -0.2) is 14.6 Å². The zero-order valence-corrected chi connectivity index (χ0v) is 16.7. The molecule has 1 aliphatic rings. The number of carboxylic acid groups (broad SMARTS) is 2. The molecule has 0 spiro atoms. The number of ether oxygens (including phenoxy) is 1. The number of nitrogens with zero attached hydrogens (tertiary/aromatic N) is 2. The largest absolute Gasteiger partial charge is 0.478 e. The molecule has 1 aromatic heterocycles. The van der Waals surface area contributed by atoms with Crippen LogP contribution in [0.15, 0.2) is 65.5 Å². The molecule has 0 saturated carbocycles. The van der Waals surface area contributed by atoms with Gasteiger partial charge in [0.05, 0.1) is 29.1 Å². The van der Waals surface area contributed by atoms with E-state index in [0.717, 1.165) is 22.2 Å². The summed E-state index contributed by atoms with van der Waals surface area (Å²) < 4.78 is 6.01. The lowest BCUT2D eigenvalue weighted by Gasteiger charge is -2.38. The van der Waals surface area contributed by atoms with Crippen molar-refractivity contribution in [2.75, 3.05) is 19.7 Å². The van der Waals surface area contributed by atoms with Gasteiger partial charge in [0.15, 0.2) is 0 Å². The maximum absolute atomic E-state index is 11.6. The Morgan fingerprint density at radius 2 is 2.00 bits per heavy atom. The number of aliphatic carboxylic acids is 2. The van der Waals surface area contributed by atoms with Crippen molar-refractivity contribution in [3.05, 3.63) is 71.6 Å². The van der Waals surface area contributed by atoms with Crippen molar-refractivity contribution in [1.29, 1.82) is 0 Å². The molecule has 1 aromatic carbocycles. The first-order valence-electron chi connectivity index (χ1n) is 9.13. The summed E-state index contributed by atoms with van der Waals surface area (Å²) in [5, 5.41) is 19.2. The molecule has 2 atom stereocenters. The molecule has 2 N–H and O–H groups in total. The van der Waals surface area contributed by atoms with E-state index in [1.165, 1.54) is 0 Å². The van der Waals surface area contributed by atoms with Crippen molar-refractivity contribution < 1.29 is 24.5 Å². The van der Waals surface area contributed by atoms with Crippen LogP contribution in [0.2, 0.25) is 0 Å². The molecule has 2 heterocycles. The third-order valence-corrected chi connectivity index (χ3v) is 6.06. The predicted molar refractivity (Wildman–Crippen MR) is 109 cm³/mol. The normalized spacial score (nSPS) is 18.3. The second kappa shape index (κ2) is 9.58. The van der Waals surface area contributed by atoms with Gasteiger partial charge in [-0.3, -0.25) is 0 Å². The van der Waals surface area contributed by atoms with E-state index in [9.17, 15) is 14.7 Å². The zero-order valence-electron chi connectivity index (χ0n) is 15.9. The van der Waals surface area contributed by atoms with Crippen LogP contribution in [0, 0.1) is 6.92 Å². The Labute approximate surface area is 173 Å². The third kappa shape index (κ3) is 5.36. The third-order valence-electron chi connectivity index (χ3n) is 4.58. The van der Waals surface area contributed by atoms with Crippen molar-refractivity contribution in [2.45, 2.75) is 23.3 Å². The second-order valence-electron chi connectivity index (χ2n) is 6.60. The molecule has 152 valence electrons. The smallest absolute Gasteiger partial charge is 0.352 e. The van der Waals surface area contributed by atoms with Gasteiger partial charge in [-0.15, -0.1) is 0 Å². The van der Waals surface area contributed by atoms with E-state index in [4.69, 9.17) is 9.84 Å². The molecule has 0 unspecified atom stereocenters. The maximum atomic E-state index is 11.6. The lowest BCUT2D eigenvalue weighted by Crippen LogP contribution is -2.45.